The van der Waals surface area contributed by atoms with Gasteiger partial charge < -0.3 is 4.90 Å². The van der Waals surface area contributed by atoms with Crippen LogP contribution in [-0.2, 0) is 6.42 Å². The fourth-order valence-electron chi connectivity index (χ4n) is 3.84. The molecular weight excluding hydrogens is 381 g/mol. The molecule has 1 aromatic carbocycles. The maximum absolute atomic E-state index is 13.2. The number of rotatable bonds is 4. The minimum atomic E-state index is -0.557. The number of aromatic nitrogens is 3. The van der Waals surface area contributed by atoms with Gasteiger partial charge in [0, 0.05) is 25.5 Å². The number of likely N-dealkylation sites (tertiary alicyclic amines) is 1. The number of piperidine rings is 1. The molecule has 7 heteroatoms. The molecule has 1 aliphatic heterocycles. The van der Waals surface area contributed by atoms with Crippen LogP contribution >= 0.6 is 0 Å². The van der Waals surface area contributed by atoms with E-state index < -0.39 is 5.41 Å². The van der Waals surface area contributed by atoms with Gasteiger partial charge in [-0.2, -0.15) is 5.26 Å². The lowest BCUT2D eigenvalue weighted by molar-refractivity contribution is 0.0647. The summed E-state index contributed by atoms with van der Waals surface area (Å²) in [5.74, 6) is -0.411. The molecule has 1 fully saturated rings. The molecule has 0 unspecified atom stereocenters. The summed E-state index contributed by atoms with van der Waals surface area (Å²) in [6.45, 7) is 0.956. The topological polar surface area (TPSA) is 82.8 Å². The van der Waals surface area contributed by atoms with Crippen LogP contribution < -0.4 is 0 Å². The lowest BCUT2D eigenvalue weighted by atomic mass is 9.75. The van der Waals surface area contributed by atoms with Crippen molar-refractivity contribution in [3.05, 3.63) is 78.1 Å². The molecule has 6 nitrogen and oxygen atoms in total. The van der Waals surface area contributed by atoms with Crippen molar-refractivity contribution in [3.8, 4) is 17.5 Å². The average Bonchev–Trinajstić information content (AvgIpc) is 2.81. The summed E-state index contributed by atoms with van der Waals surface area (Å²) in [4.78, 5) is 27.5. The highest BCUT2D eigenvalue weighted by Gasteiger charge is 2.37. The molecule has 4 rings (SSSR count). The third kappa shape index (κ3) is 4.03. The summed E-state index contributed by atoms with van der Waals surface area (Å²) >= 11 is 0. The Kier molecular flexibility index (Phi) is 5.48. The van der Waals surface area contributed by atoms with E-state index in [-0.39, 0.29) is 11.7 Å². The Morgan fingerprint density at radius 1 is 1.10 bits per heavy atom. The Labute approximate surface area is 174 Å². The lowest BCUT2D eigenvalue weighted by Crippen LogP contribution is -2.43. The second kappa shape index (κ2) is 8.37. The average molecular weight is 401 g/mol. The fourth-order valence-corrected chi connectivity index (χ4v) is 3.84. The SMILES string of the molecule is N#CC1(Cc2ccc(F)cc2)CCN(C(=O)c2cccnc2-c2ccncn2)CC1. The van der Waals surface area contributed by atoms with E-state index in [1.807, 2.05) is 0 Å². The number of nitrogens with zero attached hydrogens (tertiary/aromatic N) is 5. The molecule has 0 atom stereocenters. The van der Waals surface area contributed by atoms with E-state index in [2.05, 4.69) is 21.0 Å². The predicted molar refractivity (Wildman–Crippen MR) is 109 cm³/mol. The van der Waals surface area contributed by atoms with Gasteiger partial charge in [0.25, 0.3) is 5.91 Å². The number of carbonyl (C=O) groups is 1. The first-order valence-corrected chi connectivity index (χ1v) is 9.77. The molecule has 0 bridgehead atoms. The first kappa shape index (κ1) is 19.6. The summed E-state index contributed by atoms with van der Waals surface area (Å²) in [5.41, 5.74) is 1.97. The third-order valence-corrected chi connectivity index (χ3v) is 5.56. The molecule has 0 N–H and O–H groups in total. The van der Waals surface area contributed by atoms with Crippen LogP contribution in [-0.4, -0.2) is 38.8 Å². The van der Waals surface area contributed by atoms with E-state index in [1.165, 1.54) is 18.5 Å². The normalized spacial score (nSPS) is 15.4. The number of pyridine rings is 1. The zero-order valence-corrected chi connectivity index (χ0v) is 16.3. The summed E-state index contributed by atoms with van der Waals surface area (Å²) in [6, 6.07) is 13.9. The molecular formula is C23H20FN5O. The van der Waals surface area contributed by atoms with Crippen LogP contribution in [0, 0.1) is 22.6 Å². The number of halogens is 1. The Balaban J connectivity index is 1.50. The Bertz CT molecular complexity index is 1070. The molecule has 3 aromatic rings. The van der Waals surface area contributed by atoms with Gasteiger partial charge in [-0.25, -0.2) is 14.4 Å². The quantitative estimate of drug-likeness (QED) is 0.666. The molecule has 150 valence electrons. The van der Waals surface area contributed by atoms with Crippen molar-refractivity contribution in [1.29, 1.82) is 5.26 Å². The lowest BCUT2D eigenvalue weighted by Gasteiger charge is -2.37. The number of carbonyl (C=O) groups excluding carboxylic acids is 1. The number of amides is 1. The van der Waals surface area contributed by atoms with Crippen molar-refractivity contribution in [3.63, 3.8) is 0 Å². The number of hydrogen-bond acceptors (Lipinski definition) is 5. The van der Waals surface area contributed by atoms with Gasteiger partial charge >= 0.3 is 0 Å². The van der Waals surface area contributed by atoms with Crippen LogP contribution in [0.1, 0.15) is 28.8 Å². The molecule has 1 aliphatic rings. The van der Waals surface area contributed by atoms with Gasteiger partial charge in [0.1, 0.15) is 17.8 Å². The van der Waals surface area contributed by atoms with Gasteiger partial charge in [0.2, 0.25) is 0 Å². The van der Waals surface area contributed by atoms with Crippen LogP contribution in [0.4, 0.5) is 4.39 Å². The molecule has 0 aliphatic carbocycles. The largest absolute Gasteiger partial charge is 0.338 e. The zero-order valence-electron chi connectivity index (χ0n) is 16.3. The zero-order chi connectivity index (χ0) is 21.0. The van der Waals surface area contributed by atoms with Gasteiger partial charge in [-0.05, 0) is 55.2 Å². The van der Waals surface area contributed by atoms with E-state index in [1.54, 1.807) is 47.6 Å². The number of nitriles is 1. The van der Waals surface area contributed by atoms with Crippen LogP contribution in [0.5, 0.6) is 0 Å². The molecule has 0 saturated carbocycles. The van der Waals surface area contributed by atoms with Crippen molar-refractivity contribution in [1.82, 2.24) is 19.9 Å². The molecule has 0 radical (unpaired) electrons. The minimum absolute atomic E-state index is 0.120. The summed E-state index contributed by atoms with van der Waals surface area (Å²) < 4.78 is 13.2. The standard InChI is InChI=1S/C23H20FN5O/c24-18-5-3-17(4-6-18)14-23(15-25)8-12-29(13-9-23)22(30)19-2-1-10-27-21(19)20-7-11-26-16-28-20/h1-7,10-11,16H,8-9,12-14H2. The second-order valence-electron chi connectivity index (χ2n) is 7.48. The smallest absolute Gasteiger partial charge is 0.256 e. The molecule has 1 saturated heterocycles. The van der Waals surface area contributed by atoms with Gasteiger partial charge in [0.05, 0.1) is 22.7 Å². The van der Waals surface area contributed by atoms with Crippen molar-refractivity contribution in [2.75, 3.05) is 13.1 Å². The molecule has 3 heterocycles. The Morgan fingerprint density at radius 3 is 2.53 bits per heavy atom. The highest BCUT2D eigenvalue weighted by molar-refractivity contribution is 5.99. The van der Waals surface area contributed by atoms with Crippen LogP contribution in [0.3, 0.4) is 0 Å². The fraction of sp³-hybridized carbons (Fsp3) is 0.261. The Hall–Kier alpha value is -3.66. The molecule has 30 heavy (non-hydrogen) atoms. The van der Waals surface area contributed by atoms with E-state index in [4.69, 9.17) is 0 Å². The van der Waals surface area contributed by atoms with Gasteiger partial charge in [-0.15, -0.1) is 0 Å². The van der Waals surface area contributed by atoms with Crippen LogP contribution in [0.15, 0.2) is 61.2 Å². The monoisotopic (exact) mass is 401 g/mol. The summed E-state index contributed by atoms with van der Waals surface area (Å²) in [7, 11) is 0. The maximum atomic E-state index is 13.2. The summed E-state index contributed by atoms with van der Waals surface area (Å²) in [6.07, 6.45) is 6.35. The van der Waals surface area contributed by atoms with E-state index in [9.17, 15) is 14.4 Å². The first-order chi connectivity index (χ1) is 14.6. The number of hydrogen-bond donors (Lipinski definition) is 0. The van der Waals surface area contributed by atoms with Gasteiger partial charge in [-0.1, -0.05) is 12.1 Å². The highest BCUT2D eigenvalue weighted by atomic mass is 19.1. The second-order valence-corrected chi connectivity index (χ2v) is 7.48. The van der Waals surface area contributed by atoms with Crippen molar-refractivity contribution in [2.24, 2.45) is 5.41 Å². The molecule has 2 aromatic heterocycles. The minimum Gasteiger partial charge on any atom is -0.338 e. The van der Waals surface area contributed by atoms with E-state index in [0.717, 1.165) is 5.56 Å². The third-order valence-electron chi connectivity index (χ3n) is 5.56. The van der Waals surface area contributed by atoms with Crippen molar-refractivity contribution in [2.45, 2.75) is 19.3 Å². The predicted octanol–water partition coefficient (Wildman–Crippen LogP) is 3.67. The van der Waals surface area contributed by atoms with E-state index >= 15 is 0 Å². The molecule has 0 spiro atoms. The highest BCUT2D eigenvalue weighted by Crippen LogP contribution is 2.35. The first-order valence-electron chi connectivity index (χ1n) is 9.77. The van der Waals surface area contributed by atoms with Gasteiger partial charge in [-0.3, -0.25) is 9.78 Å². The van der Waals surface area contributed by atoms with Gasteiger partial charge in [0.15, 0.2) is 0 Å². The van der Waals surface area contributed by atoms with E-state index in [0.29, 0.717) is 49.3 Å². The Morgan fingerprint density at radius 2 is 1.87 bits per heavy atom. The number of benzene rings is 1. The van der Waals surface area contributed by atoms with Crippen molar-refractivity contribution < 1.29 is 9.18 Å². The summed E-state index contributed by atoms with van der Waals surface area (Å²) in [5, 5.41) is 9.84. The maximum Gasteiger partial charge on any atom is 0.256 e. The van der Waals surface area contributed by atoms with Crippen LogP contribution in [0.25, 0.3) is 11.4 Å². The molecule has 1 amide bonds. The van der Waals surface area contributed by atoms with Crippen LogP contribution in [0.2, 0.25) is 0 Å². The van der Waals surface area contributed by atoms with Crippen molar-refractivity contribution >= 4 is 5.91 Å².